The van der Waals surface area contributed by atoms with Crippen molar-refractivity contribution < 1.29 is 4.79 Å². The van der Waals surface area contributed by atoms with Gasteiger partial charge in [0.1, 0.15) is 0 Å². The average molecular weight is 424 g/mol. The molecule has 1 fully saturated rings. The number of carbonyl (C=O) groups is 1. The van der Waals surface area contributed by atoms with Crippen molar-refractivity contribution in [2.24, 2.45) is 0 Å². The summed E-state index contributed by atoms with van der Waals surface area (Å²) >= 11 is 1.77. The van der Waals surface area contributed by atoms with Gasteiger partial charge in [-0.25, -0.2) is 0 Å². The zero-order valence-corrected chi connectivity index (χ0v) is 19.4. The minimum absolute atomic E-state index is 0.0528. The first-order valence-corrected chi connectivity index (χ1v) is 12.1. The molecule has 0 bridgehead atoms. The summed E-state index contributed by atoms with van der Waals surface area (Å²) in [5.74, 6) is 0.977. The molecule has 0 unspecified atom stereocenters. The predicted octanol–water partition coefficient (Wildman–Crippen LogP) is 6.39. The van der Waals surface area contributed by atoms with Crippen LogP contribution < -0.4 is 5.32 Å². The Balaban J connectivity index is 0.000000806. The lowest BCUT2D eigenvalue weighted by Crippen LogP contribution is -2.23. The van der Waals surface area contributed by atoms with Crippen molar-refractivity contribution in [3.05, 3.63) is 59.5 Å². The van der Waals surface area contributed by atoms with E-state index in [1.807, 2.05) is 24.4 Å². The number of rotatable bonds is 7. The van der Waals surface area contributed by atoms with Gasteiger partial charge in [-0.2, -0.15) is 0 Å². The van der Waals surface area contributed by atoms with Crippen molar-refractivity contribution in [3.8, 4) is 0 Å². The zero-order valence-electron chi connectivity index (χ0n) is 18.6. The number of hydrogen-bond donors (Lipinski definition) is 1. The molecule has 1 N–H and O–H groups in total. The highest BCUT2D eigenvalue weighted by Gasteiger charge is 2.26. The molecule has 1 saturated carbocycles. The van der Waals surface area contributed by atoms with Crippen LogP contribution in [0.3, 0.4) is 0 Å². The highest BCUT2D eigenvalue weighted by Crippen LogP contribution is 2.39. The lowest BCUT2D eigenvalue weighted by Gasteiger charge is -2.08. The van der Waals surface area contributed by atoms with Crippen molar-refractivity contribution in [2.75, 3.05) is 5.75 Å². The molecule has 1 aromatic carbocycles. The van der Waals surface area contributed by atoms with E-state index in [9.17, 15) is 4.79 Å². The van der Waals surface area contributed by atoms with E-state index in [0.717, 1.165) is 28.1 Å². The second-order valence-electron chi connectivity index (χ2n) is 7.67. The number of carbonyl (C=O) groups excluding carboxylic acids is 1. The standard InChI is InChI=1S/C22H25N3OS.C3H8/c1-3-18-12-16-11-15(5-10-21(16)25(18)19-7-8-19)22(26)24-13-17-6-9-20(14-23-17)27-4-2;1-3-2/h5-6,9-12,14,19H,3-4,7-8,13H2,1-2H3,(H,24,26);3H2,1-2H3. The number of pyridine rings is 1. The summed E-state index contributed by atoms with van der Waals surface area (Å²) in [4.78, 5) is 18.2. The van der Waals surface area contributed by atoms with E-state index in [1.54, 1.807) is 11.8 Å². The molecule has 3 aromatic rings. The van der Waals surface area contributed by atoms with Crippen LogP contribution in [0.5, 0.6) is 0 Å². The van der Waals surface area contributed by atoms with Crippen LogP contribution in [-0.4, -0.2) is 21.2 Å². The van der Waals surface area contributed by atoms with Crippen LogP contribution in [0.25, 0.3) is 10.9 Å². The number of hydrogen-bond acceptors (Lipinski definition) is 3. The fraction of sp³-hybridized carbons (Fsp3) is 0.440. The molecule has 0 atom stereocenters. The Hall–Kier alpha value is -2.27. The van der Waals surface area contributed by atoms with Crippen molar-refractivity contribution in [2.45, 2.75) is 70.9 Å². The normalized spacial score (nSPS) is 13.1. The maximum absolute atomic E-state index is 12.6. The summed E-state index contributed by atoms with van der Waals surface area (Å²) in [7, 11) is 0. The summed E-state index contributed by atoms with van der Waals surface area (Å²) in [5, 5.41) is 4.14. The molecule has 1 aliphatic rings. The van der Waals surface area contributed by atoms with Crippen molar-refractivity contribution in [1.82, 2.24) is 14.9 Å². The number of thioether (sulfide) groups is 1. The number of fused-ring (bicyclic) bond motifs is 1. The monoisotopic (exact) mass is 423 g/mol. The Morgan fingerprint density at radius 3 is 2.50 bits per heavy atom. The number of nitrogens with zero attached hydrogens (tertiary/aromatic N) is 2. The third kappa shape index (κ3) is 5.45. The summed E-state index contributed by atoms with van der Waals surface area (Å²) in [6.45, 7) is 9.01. The molecule has 30 heavy (non-hydrogen) atoms. The smallest absolute Gasteiger partial charge is 0.251 e. The summed E-state index contributed by atoms with van der Waals surface area (Å²) < 4.78 is 2.46. The van der Waals surface area contributed by atoms with E-state index in [-0.39, 0.29) is 5.91 Å². The van der Waals surface area contributed by atoms with Crippen LogP contribution in [0.2, 0.25) is 0 Å². The fourth-order valence-electron chi connectivity index (χ4n) is 3.51. The molecule has 2 aromatic heterocycles. The Labute approximate surface area is 184 Å². The first-order valence-electron chi connectivity index (χ1n) is 11.1. The number of amides is 1. The largest absolute Gasteiger partial charge is 0.346 e. The van der Waals surface area contributed by atoms with Gasteiger partial charge in [0, 0.05) is 39.3 Å². The molecule has 1 amide bonds. The summed E-state index contributed by atoms with van der Waals surface area (Å²) in [6.07, 6.45) is 6.67. The Kier molecular flexibility index (Phi) is 7.97. The van der Waals surface area contributed by atoms with E-state index in [1.165, 1.54) is 30.5 Å². The third-order valence-corrected chi connectivity index (χ3v) is 5.86. The first kappa shape index (κ1) is 22.4. The van der Waals surface area contributed by atoms with Crippen molar-refractivity contribution >= 4 is 28.6 Å². The summed E-state index contributed by atoms with van der Waals surface area (Å²) in [6, 6.07) is 13.0. The van der Waals surface area contributed by atoms with E-state index in [4.69, 9.17) is 0 Å². The quantitative estimate of drug-likeness (QED) is 0.448. The molecule has 4 rings (SSSR count). The van der Waals surface area contributed by atoms with Gasteiger partial charge in [0.2, 0.25) is 0 Å². The van der Waals surface area contributed by atoms with Gasteiger partial charge < -0.3 is 9.88 Å². The number of aromatic nitrogens is 2. The second-order valence-corrected chi connectivity index (χ2v) is 9.01. The van der Waals surface area contributed by atoms with Crippen molar-refractivity contribution in [3.63, 3.8) is 0 Å². The Morgan fingerprint density at radius 1 is 1.13 bits per heavy atom. The van der Waals surface area contributed by atoms with Gasteiger partial charge in [0.15, 0.2) is 0 Å². The topological polar surface area (TPSA) is 46.9 Å². The molecule has 0 saturated heterocycles. The number of aryl methyl sites for hydroxylation is 1. The maximum Gasteiger partial charge on any atom is 0.251 e. The SMILES string of the molecule is CCC.CCSc1ccc(CNC(=O)c2ccc3c(c2)cc(CC)n3C2CC2)nc1. The van der Waals surface area contributed by atoms with Crippen molar-refractivity contribution in [1.29, 1.82) is 0 Å². The van der Waals surface area contributed by atoms with E-state index >= 15 is 0 Å². The average Bonchev–Trinajstić information content (AvgIpc) is 3.53. The van der Waals surface area contributed by atoms with Crippen LogP contribution in [0.15, 0.2) is 47.5 Å². The predicted molar refractivity (Wildman–Crippen MR) is 127 cm³/mol. The van der Waals surface area contributed by atoms with E-state index < -0.39 is 0 Å². The van der Waals surface area contributed by atoms with Gasteiger partial charge in [-0.15, -0.1) is 11.8 Å². The fourth-order valence-corrected chi connectivity index (χ4v) is 4.14. The minimum atomic E-state index is -0.0528. The highest BCUT2D eigenvalue weighted by atomic mass is 32.2. The Morgan fingerprint density at radius 2 is 1.90 bits per heavy atom. The molecule has 1 aliphatic carbocycles. The van der Waals surface area contributed by atoms with Crippen LogP contribution in [0, 0.1) is 0 Å². The second kappa shape index (κ2) is 10.7. The molecule has 4 nitrogen and oxygen atoms in total. The lowest BCUT2D eigenvalue weighted by atomic mass is 10.1. The molecule has 160 valence electrons. The van der Waals surface area contributed by atoms with Gasteiger partial charge in [-0.1, -0.05) is 34.1 Å². The summed E-state index contributed by atoms with van der Waals surface area (Å²) in [5.41, 5.74) is 4.19. The number of benzene rings is 1. The number of nitrogens with one attached hydrogen (secondary N) is 1. The first-order chi connectivity index (χ1) is 14.6. The minimum Gasteiger partial charge on any atom is -0.346 e. The molecular formula is C25H33N3OS. The molecular weight excluding hydrogens is 390 g/mol. The maximum atomic E-state index is 12.6. The lowest BCUT2D eigenvalue weighted by molar-refractivity contribution is 0.0950. The van der Waals surface area contributed by atoms with Gasteiger partial charge in [-0.3, -0.25) is 9.78 Å². The molecule has 0 spiro atoms. The molecule has 0 radical (unpaired) electrons. The van der Waals surface area contributed by atoms with Gasteiger partial charge in [-0.05, 0) is 61.4 Å². The third-order valence-electron chi connectivity index (χ3n) is 4.99. The molecule has 5 heteroatoms. The zero-order chi connectivity index (χ0) is 21.5. The van der Waals surface area contributed by atoms with Gasteiger partial charge in [0.25, 0.3) is 5.91 Å². The van der Waals surface area contributed by atoms with Gasteiger partial charge in [0.05, 0.1) is 12.2 Å². The highest BCUT2D eigenvalue weighted by molar-refractivity contribution is 7.99. The van der Waals surface area contributed by atoms with E-state index in [2.05, 4.69) is 60.8 Å². The van der Waals surface area contributed by atoms with Gasteiger partial charge >= 0.3 is 0 Å². The van der Waals surface area contributed by atoms with E-state index in [0.29, 0.717) is 18.2 Å². The van der Waals surface area contributed by atoms with Crippen LogP contribution in [-0.2, 0) is 13.0 Å². The molecule has 0 aliphatic heterocycles. The Bertz CT molecular complexity index is 974. The molecule has 2 heterocycles. The van der Waals surface area contributed by atoms with Crippen LogP contribution >= 0.6 is 11.8 Å². The van der Waals surface area contributed by atoms with Crippen LogP contribution in [0.4, 0.5) is 0 Å². The van der Waals surface area contributed by atoms with Crippen LogP contribution in [0.1, 0.15) is 74.7 Å².